The zero-order chi connectivity index (χ0) is 31.4. The number of carbonyl (C=O) groups excluding carboxylic acids is 5. The zero-order valence-electron chi connectivity index (χ0n) is 24.3. The Labute approximate surface area is 248 Å². The fraction of sp³-hybridized carbons (Fsp3) is 0.433. The molecule has 0 aromatic heterocycles. The average molecular weight is 602 g/mol. The van der Waals surface area contributed by atoms with Gasteiger partial charge in [0, 0.05) is 34.2 Å². The van der Waals surface area contributed by atoms with Crippen molar-refractivity contribution in [2.24, 2.45) is 0 Å². The number of esters is 4. The van der Waals surface area contributed by atoms with Gasteiger partial charge >= 0.3 is 30.0 Å². The van der Waals surface area contributed by atoms with Gasteiger partial charge < -0.3 is 38.5 Å². The van der Waals surface area contributed by atoms with Crippen LogP contribution in [0.5, 0.6) is 5.75 Å². The lowest BCUT2D eigenvalue weighted by atomic mass is 9.98. The Balaban J connectivity index is 1.67. The lowest BCUT2D eigenvalue weighted by Crippen LogP contribution is -2.63. The summed E-state index contributed by atoms with van der Waals surface area (Å²) < 4.78 is 38.4. The van der Waals surface area contributed by atoms with Crippen LogP contribution in [0, 0.1) is 0 Å². The molecule has 0 spiro atoms. The van der Waals surface area contributed by atoms with Crippen molar-refractivity contribution in [2.45, 2.75) is 71.4 Å². The minimum Gasteiger partial charge on any atom is -0.463 e. The highest BCUT2D eigenvalue weighted by molar-refractivity contribution is 5.69. The van der Waals surface area contributed by atoms with Gasteiger partial charge in [-0.25, -0.2) is 4.79 Å². The van der Waals surface area contributed by atoms with Gasteiger partial charge in [0.25, 0.3) is 0 Å². The minimum atomic E-state index is -1.34. The van der Waals surface area contributed by atoms with Crippen molar-refractivity contribution < 1.29 is 57.1 Å². The standard InChI is InChI=1S/C30H35NO12/c1-18(32)37-17-25-26(39-19(2)33)27(40-20(3)34)28(41-21(4)35)29(43-25)42-24-12-10-22(11-13-24)14-15-31-30(36)38-16-23-8-6-5-7-9-23/h5-13,25-29H,14-17H2,1-4H3,(H,31,36)/t25?,26-,27+,28?,29+/m1/s1. The number of hydrogen-bond acceptors (Lipinski definition) is 12. The van der Waals surface area contributed by atoms with Gasteiger partial charge in [-0.2, -0.15) is 0 Å². The van der Waals surface area contributed by atoms with Crippen LogP contribution in [0.25, 0.3) is 0 Å². The summed E-state index contributed by atoms with van der Waals surface area (Å²) in [6.07, 6.45) is -6.46. The predicted octanol–water partition coefficient (Wildman–Crippen LogP) is 2.62. The van der Waals surface area contributed by atoms with E-state index in [9.17, 15) is 24.0 Å². The molecule has 3 rings (SSSR count). The normalized spacial score (nSPS) is 21.1. The van der Waals surface area contributed by atoms with Crippen LogP contribution >= 0.6 is 0 Å². The molecule has 2 aromatic rings. The van der Waals surface area contributed by atoms with Crippen LogP contribution < -0.4 is 10.1 Å². The molecule has 43 heavy (non-hydrogen) atoms. The third-order valence-corrected chi connectivity index (χ3v) is 6.02. The van der Waals surface area contributed by atoms with Crippen molar-refractivity contribution in [3.8, 4) is 5.75 Å². The molecule has 1 aliphatic heterocycles. The maximum absolute atomic E-state index is 12.0. The molecule has 0 radical (unpaired) electrons. The highest BCUT2D eigenvalue weighted by Gasteiger charge is 2.53. The van der Waals surface area contributed by atoms with Crippen LogP contribution in [0.15, 0.2) is 54.6 Å². The Hall–Kier alpha value is -4.65. The van der Waals surface area contributed by atoms with Crippen LogP contribution in [0.4, 0.5) is 4.79 Å². The van der Waals surface area contributed by atoms with E-state index >= 15 is 0 Å². The first-order valence-corrected chi connectivity index (χ1v) is 13.5. The SMILES string of the molecule is CC(=O)OCC1O[C@H](Oc2ccc(CCNC(=O)OCc3ccccc3)cc2)C(OC(C)=O)[C@@H](OC(C)=O)[C@@H]1OC(C)=O. The van der Waals surface area contributed by atoms with Crippen LogP contribution in [-0.2, 0) is 60.6 Å². The summed E-state index contributed by atoms with van der Waals surface area (Å²) in [5, 5.41) is 2.69. The Kier molecular flexibility index (Phi) is 12.3. The Bertz CT molecular complexity index is 1250. The number of benzene rings is 2. The third-order valence-electron chi connectivity index (χ3n) is 6.02. The molecular weight excluding hydrogens is 566 g/mol. The summed E-state index contributed by atoms with van der Waals surface area (Å²) in [4.78, 5) is 59.3. The monoisotopic (exact) mass is 601 g/mol. The first-order valence-electron chi connectivity index (χ1n) is 13.5. The predicted molar refractivity (Wildman–Crippen MR) is 147 cm³/mol. The third kappa shape index (κ3) is 10.9. The van der Waals surface area contributed by atoms with Gasteiger partial charge in [0.05, 0.1) is 0 Å². The molecule has 2 unspecified atom stereocenters. The largest absolute Gasteiger partial charge is 0.463 e. The van der Waals surface area contributed by atoms with Crippen molar-refractivity contribution >= 4 is 30.0 Å². The van der Waals surface area contributed by atoms with E-state index in [-0.39, 0.29) is 13.2 Å². The fourth-order valence-electron chi connectivity index (χ4n) is 4.24. The van der Waals surface area contributed by atoms with Crippen LogP contribution in [0.3, 0.4) is 0 Å². The molecule has 2 aromatic carbocycles. The van der Waals surface area contributed by atoms with Crippen LogP contribution in [0.2, 0.25) is 0 Å². The zero-order valence-corrected chi connectivity index (χ0v) is 24.3. The summed E-state index contributed by atoms with van der Waals surface area (Å²) in [6.45, 7) is 4.74. The Morgan fingerprint density at radius 2 is 1.30 bits per heavy atom. The summed E-state index contributed by atoms with van der Waals surface area (Å²) >= 11 is 0. The topological polar surface area (TPSA) is 162 Å². The van der Waals surface area contributed by atoms with Gasteiger partial charge in [0.2, 0.25) is 12.4 Å². The van der Waals surface area contributed by atoms with Crippen molar-refractivity contribution in [3.05, 3.63) is 65.7 Å². The lowest BCUT2D eigenvalue weighted by Gasteiger charge is -2.43. The summed E-state index contributed by atoms with van der Waals surface area (Å²) in [6, 6.07) is 16.1. The molecule has 1 saturated heterocycles. The van der Waals surface area contributed by atoms with Crippen LogP contribution in [-0.4, -0.2) is 73.8 Å². The van der Waals surface area contributed by atoms with Crippen molar-refractivity contribution in [1.82, 2.24) is 5.32 Å². The molecule has 1 heterocycles. The van der Waals surface area contributed by atoms with Crippen LogP contribution in [0.1, 0.15) is 38.8 Å². The number of amides is 1. The molecule has 1 fully saturated rings. The molecule has 13 heteroatoms. The second kappa shape index (κ2) is 16.1. The summed E-state index contributed by atoms with van der Waals surface area (Å²) in [5.74, 6) is -2.52. The van der Waals surface area contributed by atoms with Gasteiger partial charge in [-0.05, 0) is 29.7 Å². The van der Waals surface area contributed by atoms with E-state index in [4.69, 9.17) is 33.2 Å². The highest BCUT2D eigenvalue weighted by atomic mass is 16.7. The molecule has 5 atom stereocenters. The second-order valence-corrected chi connectivity index (χ2v) is 9.57. The number of hydrogen-bond donors (Lipinski definition) is 1. The van der Waals surface area contributed by atoms with Gasteiger partial charge in [0.15, 0.2) is 12.2 Å². The van der Waals surface area contributed by atoms with Crippen molar-refractivity contribution in [2.75, 3.05) is 13.2 Å². The van der Waals surface area contributed by atoms with Crippen molar-refractivity contribution in [1.29, 1.82) is 0 Å². The van der Waals surface area contributed by atoms with E-state index in [0.29, 0.717) is 18.7 Å². The molecule has 0 aliphatic carbocycles. The molecule has 1 amide bonds. The number of rotatable bonds is 12. The maximum atomic E-state index is 12.0. The summed E-state index contributed by atoms with van der Waals surface area (Å²) in [5.41, 5.74) is 1.75. The average Bonchev–Trinajstić information content (AvgIpc) is 2.95. The van der Waals surface area contributed by atoms with Gasteiger partial charge in [-0.15, -0.1) is 0 Å². The number of ether oxygens (including phenoxy) is 7. The molecular formula is C30H35NO12. The quantitative estimate of drug-likeness (QED) is 0.280. The van der Waals surface area contributed by atoms with Crippen molar-refractivity contribution in [3.63, 3.8) is 0 Å². The first kappa shape index (κ1) is 32.9. The van der Waals surface area contributed by atoms with E-state index in [2.05, 4.69) is 5.32 Å². The van der Waals surface area contributed by atoms with E-state index in [0.717, 1.165) is 31.9 Å². The minimum absolute atomic E-state index is 0.165. The Morgan fingerprint density at radius 1 is 0.698 bits per heavy atom. The molecule has 0 bridgehead atoms. The molecule has 232 valence electrons. The van der Waals surface area contributed by atoms with Gasteiger partial charge in [-0.3, -0.25) is 19.2 Å². The van der Waals surface area contributed by atoms with E-state index < -0.39 is 60.7 Å². The number of nitrogens with one attached hydrogen (secondary N) is 1. The molecule has 1 N–H and O–H groups in total. The summed E-state index contributed by atoms with van der Waals surface area (Å²) in [7, 11) is 0. The van der Waals surface area contributed by atoms with Gasteiger partial charge in [0.1, 0.15) is 25.1 Å². The van der Waals surface area contributed by atoms with E-state index in [1.54, 1.807) is 24.3 Å². The second-order valence-electron chi connectivity index (χ2n) is 9.57. The first-order chi connectivity index (χ1) is 20.5. The Morgan fingerprint density at radius 3 is 1.91 bits per heavy atom. The molecule has 13 nitrogen and oxygen atoms in total. The lowest BCUT2D eigenvalue weighted by molar-refractivity contribution is -0.288. The number of alkyl carbamates (subject to hydrolysis) is 1. The highest BCUT2D eigenvalue weighted by Crippen LogP contribution is 2.31. The van der Waals surface area contributed by atoms with Gasteiger partial charge in [-0.1, -0.05) is 42.5 Å². The molecule has 0 saturated carbocycles. The number of carbonyl (C=O) groups is 5. The van der Waals surface area contributed by atoms with E-state index in [1.807, 2.05) is 30.3 Å². The smallest absolute Gasteiger partial charge is 0.407 e. The fourth-order valence-corrected chi connectivity index (χ4v) is 4.24. The maximum Gasteiger partial charge on any atom is 0.407 e. The van der Waals surface area contributed by atoms with E-state index in [1.165, 1.54) is 6.92 Å². The molecule has 1 aliphatic rings.